The van der Waals surface area contributed by atoms with Gasteiger partial charge in [-0.1, -0.05) is 6.08 Å². The van der Waals surface area contributed by atoms with Gasteiger partial charge in [0.25, 0.3) is 0 Å². The first-order valence-corrected chi connectivity index (χ1v) is 5.76. The lowest BCUT2D eigenvalue weighted by atomic mass is 10.0. The number of hydrogen-bond donors (Lipinski definition) is 1. The second-order valence-electron chi connectivity index (χ2n) is 4.60. The Morgan fingerprint density at radius 2 is 1.86 bits per heavy atom. The number of rotatable bonds is 4. The molecule has 1 fully saturated rings. The normalized spacial score (nSPS) is 22.6. The molecule has 0 aromatic heterocycles. The highest BCUT2D eigenvalue weighted by molar-refractivity contribution is 4.87. The maximum absolute atomic E-state index is 3.80. The quantitative estimate of drug-likeness (QED) is 0.692. The van der Waals surface area contributed by atoms with E-state index in [0.717, 1.165) is 0 Å². The van der Waals surface area contributed by atoms with Gasteiger partial charge in [0.2, 0.25) is 0 Å². The number of nitrogens with zero attached hydrogens (tertiary/aromatic N) is 1. The fourth-order valence-electron chi connectivity index (χ4n) is 2.02. The Morgan fingerprint density at radius 1 is 1.29 bits per heavy atom. The zero-order valence-electron chi connectivity index (χ0n) is 9.79. The number of hydrogen-bond acceptors (Lipinski definition) is 2. The minimum absolute atomic E-state index is 0.450. The molecule has 1 unspecified atom stereocenters. The van der Waals surface area contributed by atoms with Crippen molar-refractivity contribution in [3.8, 4) is 0 Å². The first-order chi connectivity index (χ1) is 6.63. The van der Waals surface area contributed by atoms with Crippen LogP contribution in [0.1, 0.15) is 33.6 Å². The van der Waals surface area contributed by atoms with Gasteiger partial charge in [0.15, 0.2) is 0 Å². The molecule has 1 atom stereocenters. The van der Waals surface area contributed by atoms with Crippen LogP contribution in [0.2, 0.25) is 0 Å². The van der Waals surface area contributed by atoms with Gasteiger partial charge in [-0.25, -0.2) is 0 Å². The fraction of sp³-hybridized carbons (Fsp3) is 0.833. The van der Waals surface area contributed by atoms with E-state index >= 15 is 0 Å². The smallest absolute Gasteiger partial charge is 0.0221 e. The zero-order valence-corrected chi connectivity index (χ0v) is 9.79. The first-order valence-electron chi connectivity index (χ1n) is 5.76. The molecule has 1 saturated heterocycles. The zero-order chi connectivity index (χ0) is 10.6. The van der Waals surface area contributed by atoms with Crippen LogP contribution in [0.4, 0.5) is 0 Å². The molecular weight excluding hydrogens is 172 g/mol. The molecule has 0 radical (unpaired) electrons. The lowest BCUT2D eigenvalue weighted by Crippen LogP contribution is -2.46. The van der Waals surface area contributed by atoms with E-state index in [1.165, 1.54) is 25.9 Å². The maximum Gasteiger partial charge on any atom is 0.0221 e. The predicted molar refractivity (Wildman–Crippen MR) is 62.5 cm³/mol. The van der Waals surface area contributed by atoms with E-state index in [0.29, 0.717) is 18.1 Å². The molecule has 0 aromatic carbocycles. The van der Waals surface area contributed by atoms with Gasteiger partial charge in [-0.3, -0.25) is 0 Å². The summed E-state index contributed by atoms with van der Waals surface area (Å²) in [7, 11) is 0. The number of nitrogens with one attached hydrogen (secondary N) is 1. The van der Waals surface area contributed by atoms with Gasteiger partial charge in [-0.05, 0) is 46.7 Å². The largest absolute Gasteiger partial charge is 0.308 e. The van der Waals surface area contributed by atoms with E-state index in [2.05, 4.69) is 37.6 Å². The van der Waals surface area contributed by atoms with Crippen molar-refractivity contribution in [1.29, 1.82) is 0 Å². The highest BCUT2D eigenvalue weighted by Crippen LogP contribution is 2.13. The molecule has 0 saturated carbocycles. The lowest BCUT2D eigenvalue weighted by Gasteiger charge is -2.35. The molecule has 14 heavy (non-hydrogen) atoms. The van der Waals surface area contributed by atoms with Gasteiger partial charge in [0.05, 0.1) is 0 Å². The molecule has 1 heterocycles. The molecule has 1 aliphatic rings. The summed E-state index contributed by atoms with van der Waals surface area (Å²) in [4.78, 5) is 2.55. The second kappa shape index (κ2) is 5.52. The van der Waals surface area contributed by atoms with E-state index in [4.69, 9.17) is 0 Å². The summed E-state index contributed by atoms with van der Waals surface area (Å²) in [5.41, 5.74) is 0. The van der Waals surface area contributed by atoms with Gasteiger partial charge in [-0.2, -0.15) is 0 Å². The van der Waals surface area contributed by atoms with Crippen LogP contribution in [0.5, 0.6) is 0 Å². The van der Waals surface area contributed by atoms with E-state index in [1.807, 2.05) is 6.08 Å². The van der Waals surface area contributed by atoms with Crippen molar-refractivity contribution in [2.75, 3.05) is 13.1 Å². The molecule has 1 rings (SSSR count). The minimum Gasteiger partial charge on any atom is -0.308 e. The number of likely N-dealkylation sites (tertiary alicyclic amines) is 1. The molecule has 2 nitrogen and oxygen atoms in total. The van der Waals surface area contributed by atoms with Crippen molar-refractivity contribution in [3.63, 3.8) is 0 Å². The SMILES string of the molecule is C=CC(C)NC1CCN(C(C)C)CC1. The van der Waals surface area contributed by atoms with Gasteiger partial charge in [-0.15, -0.1) is 6.58 Å². The molecule has 1 aliphatic heterocycles. The van der Waals surface area contributed by atoms with Crippen LogP contribution in [0.15, 0.2) is 12.7 Å². The van der Waals surface area contributed by atoms with Crippen LogP contribution in [0.3, 0.4) is 0 Å². The van der Waals surface area contributed by atoms with Crippen molar-refractivity contribution in [1.82, 2.24) is 10.2 Å². The average Bonchev–Trinajstić information content (AvgIpc) is 2.18. The van der Waals surface area contributed by atoms with E-state index in [9.17, 15) is 0 Å². The van der Waals surface area contributed by atoms with Crippen LogP contribution in [0.25, 0.3) is 0 Å². The first kappa shape index (κ1) is 11.7. The highest BCUT2D eigenvalue weighted by atomic mass is 15.2. The lowest BCUT2D eigenvalue weighted by molar-refractivity contribution is 0.159. The Hall–Kier alpha value is -0.340. The van der Waals surface area contributed by atoms with Gasteiger partial charge < -0.3 is 10.2 Å². The summed E-state index contributed by atoms with van der Waals surface area (Å²) in [6.45, 7) is 13.0. The fourth-order valence-corrected chi connectivity index (χ4v) is 2.02. The highest BCUT2D eigenvalue weighted by Gasteiger charge is 2.20. The standard InChI is InChI=1S/C12H24N2/c1-5-11(4)13-12-6-8-14(9-7-12)10(2)3/h5,10-13H,1,6-9H2,2-4H3. The van der Waals surface area contributed by atoms with Crippen LogP contribution >= 0.6 is 0 Å². The Balaban J connectivity index is 2.25. The van der Waals surface area contributed by atoms with E-state index in [1.54, 1.807) is 0 Å². The van der Waals surface area contributed by atoms with Crippen molar-refractivity contribution >= 4 is 0 Å². The molecule has 0 aromatic rings. The summed E-state index contributed by atoms with van der Waals surface area (Å²) >= 11 is 0. The van der Waals surface area contributed by atoms with Crippen molar-refractivity contribution in [2.24, 2.45) is 0 Å². The molecular formula is C12H24N2. The Labute approximate surface area is 88.4 Å². The summed E-state index contributed by atoms with van der Waals surface area (Å²) in [6, 6.07) is 1.84. The summed E-state index contributed by atoms with van der Waals surface area (Å²) in [5.74, 6) is 0. The van der Waals surface area contributed by atoms with Crippen molar-refractivity contribution in [2.45, 2.75) is 51.7 Å². The topological polar surface area (TPSA) is 15.3 Å². The third kappa shape index (κ3) is 3.43. The van der Waals surface area contributed by atoms with Gasteiger partial charge in [0.1, 0.15) is 0 Å². The molecule has 0 aliphatic carbocycles. The Bertz CT molecular complexity index is 169. The molecule has 1 N–H and O–H groups in total. The monoisotopic (exact) mass is 196 g/mol. The third-order valence-electron chi connectivity index (χ3n) is 3.11. The summed E-state index contributed by atoms with van der Waals surface area (Å²) in [5, 5.41) is 3.58. The second-order valence-corrected chi connectivity index (χ2v) is 4.60. The molecule has 0 spiro atoms. The van der Waals surface area contributed by atoms with Crippen LogP contribution < -0.4 is 5.32 Å². The van der Waals surface area contributed by atoms with E-state index in [-0.39, 0.29) is 0 Å². The van der Waals surface area contributed by atoms with Gasteiger partial charge >= 0.3 is 0 Å². The Morgan fingerprint density at radius 3 is 2.29 bits per heavy atom. The maximum atomic E-state index is 3.80. The molecule has 0 amide bonds. The van der Waals surface area contributed by atoms with Crippen LogP contribution in [-0.4, -0.2) is 36.1 Å². The summed E-state index contributed by atoms with van der Waals surface area (Å²) in [6.07, 6.45) is 4.53. The molecule has 0 bridgehead atoms. The molecule has 82 valence electrons. The van der Waals surface area contributed by atoms with Crippen molar-refractivity contribution < 1.29 is 0 Å². The van der Waals surface area contributed by atoms with Crippen LogP contribution in [-0.2, 0) is 0 Å². The molecule has 2 heteroatoms. The average molecular weight is 196 g/mol. The Kier molecular flexibility index (Phi) is 4.63. The van der Waals surface area contributed by atoms with Crippen molar-refractivity contribution in [3.05, 3.63) is 12.7 Å². The van der Waals surface area contributed by atoms with E-state index < -0.39 is 0 Å². The third-order valence-corrected chi connectivity index (χ3v) is 3.11. The number of piperidine rings is 1. The summed E-state index contributed by atoms with van der Waals surface area (Å²) < 4.78 is 0. The van der Waals surface area contributed by atoms with Gasteiger partial charge in [0, 0.05) is 18.1 Å². The van der Waals surface area contributed by atoms with Crippen LogP contribution in [0, 0.1) is 0 Å². The predicted octanol–water partition coefficient (Wildman–Crippen LogP) is 2.02. The minimum atomic E-state index is 0.450.